The van der Waals surface area contributed by atoms with Crippen molar-refractivity contribution >= 4 is 11.2 Å². The number of nitrogens with zero attached hydrogens (tertiary/aromatic N) is 3. The minimum atomic E-state index is -6.32. The molecule has 182 valence electrons. The molecule has 2 heterocycles. The van der Waals surface area contributed by atoms with E-state index in [4.69, 9.17) is 0 Å². The fourth-order valence-corrected chi connectivity index (χ4v) is 4.53. The number of aryl methyl sites for hydroxylation is 2. The lowest BCUT2D eigenvalue weighted by atomic mass is 9.78. The van der Waals surface area contributed by atoms with Gasteiger partial charge in [0.15, 0.2) is 5.52 Å². The molecule has 0 unspecified atom stereocenters. The summed E-state index contributed by atoms with van der Waals surface area (Å²) in [6, 6.07) is 12.7. The average Bonchev–Trinajstić information content (AvgIpc) is 3.10. The number of hydrogen-bond acceptors (Lipinski definition) is 1. The number of fused-ring (bicyclic) bond motifs is 2. The van der Waals surface area contributed by atoms with E-state index in [1.165, 1.54) is 17.7 Å². The zero-order valence-corrected chi connectivity index (χ0v) is 18.1. The number of pyridine rings is 1. The number of alkyl halides is 8. The third-order valence-corrected chi connectivity index (χ3v) is 6.33. The molecule has 0 radical (unpaired) electrons. The molecule has 0 fully saturated rings. The minimum Gasteiger partial charge on any atom is -0.229 e. The first-order valence-electron chi connectivity index (χ1n) is 10.3. The molecule has 2 aromatic carbocycles. The molecule has 0 saturated heterocycles. The molecule has 5 rings (SSSR count). The van der Waals surface area contributed by atoms with Crippen LogP contribution in [0.2, 0.25) is 0 Å². The Morgan fingerprint density at radius 2 is 1.34 bits per heavy atom. The van der Waals surface area contributed by atoms with Crippen molar-refractivity contribution in [2.24, 2.45) is 7.05 Å². The molecule has 11 heteroatoms. The molecule has 1 aliphatic carbocycles. The molecule has 0 saturated carbocycles. The van der Waals surface area contributed by atoms with Gasteiger partial charge < -0.3 is 0 Å². The summed E-state index contributed by atoms with van der Waals surface area (Å²) >= 11 is 0. The molecular formula is C24H16F8N3+. The number of rotatable bonds is 2. The van der Waals surface area contributed by atoms with E-state index in [2.05, 4.69) is 4.98 Å². The summed E-state index contributed by atoms with van der Waals surface area (Å²) in [6.07, 6.45) is 1.48. The van der Waals surface area contributed by atoms with Crippen LogP contribution >= 0.6 is 0 Å². The predicted molar refractivity (Wildman–Crippen MR) is 110 cm³/mol. The first-order valence-corrected chi connectivity index (χ1v) is 10.3. The largest absolute Gasteiger partial charge is 0.382 e. The summed E-state index contributed by atoms with van der Waals surface area (Å²) in [5.41, 5.74) is -2.44. The second-order valence-corrected chi connectivity index (χ2v) is 8.41. The maximum absolute atomic E-state index is 14.8. The highest BCUT2D eigenvalue weighted by molar-refractivity contribution is 5.77. The van der Waals surface area contributed by atoms with E-state index in [9.17, 15) is 35.1 Å². The van der Waals surface area contributed by atoms with Crippen molar-refractivity contribution in [2.45, 2.75) is 30.6 Å². The Bertz CT molecular complexity index is 1480. The number of aromatic nitrogens is 3. The Kier molecular flexibility index (Phi) is 4.66. The van der Waals surface area contributed by atoms with Crippen molar-refractivity contribution in [1.29, 1.82) is 0 Å². The van der Waals surface area contributed by atoms with Crippen LogP contribution in [0.1, 0.15) is 16.7 Å². The third kappa shape index (κ3) is 2.77. The van der Waals surface area contributed by atoms with Gasteiger partial charge in [-0.25, -0.2) is 9.13 Å². The van der Waals surface area contributed by atoms with Gasteiger partial charge in [-0.15, -0.1) is 4.98 Å². The van der Waals surface area contributed by atoms with Gasteiger partial charge in [-0.2, -0.15) is 35.1 Å². The van der Waals surface area contributed by atoms with Gasteiger partial charge in [0.25, 0.3) is 0 Å². The molecule has 0 N–H and O–H groups in total. The van der Waals surface area contributed by atoms with Crippen LogP contribution in [-0.2, 0) is 18.9 Å². The van der Waals surface area contributed by atoms with E-state index in [0.29, 0.717) is 29.0 Å². The van der Waals surface area contributed by atoms with Crippen molar-refractivity contribution in [3.8, 4) is 17.1 Å². The van der Waals surface area contributed by atoms with Gasteiger partial charge in [0.05, 0.1) is 12.6 Å². The molecule has 0 atom stereocenters. The van der Waals surface area contributed by atoms with Crippen molar-refractivity contribution < 1.29 is 39.7 Å². The van der Waals surface area contributed by atoms with Gasteiger partial charge in [0, 0.05) is 11.1 Å². The highest BCUT2D eigenvalue weighted by Crippen LogP contribution is 2.65. The van der Waals surface area contributed by atoms with Crippen LogP contribution in [0.5, 0.6) is 0 Å². The fraction of sp³-hybridized carbons (Fsp3) is 0.250. The normalized spacial score (nSPS) is 19.5. The monoisotopic (exact) mass is 498 g/mol. The average molecular weight is 498 g/mol. The molecule has 2 aromatic heterocycles. The molecule has 0 amide bonds. The second kappa shape index (κ2) is 7.02. The first kappa shape index (κ1) is 23.3. The standard InChI is InChI=1S/C24H16F8N3/c1-13-11-16-17(22(27,28)24(31,32)23(29,30)21(16,25)26)12-15(13)20-34(2)19-18(9-6-10-33-19)35(20)14-7-4-3-5-8-14/h3-12H,1-2H3/q+1. The quantitative estimate of drug-likeness (QED) is 0.235. The van der Waals surface area contributed by atoms with Gasteiger partial charge in [-0.3, -0.25) is 0 Å². The topological polar surface area (TPSA) is 21.7 Å². The van der Waals surface area contributed by atoms with Crippen molar-refractivity contribution in [1.82, 2.24) is 9.55 Å². The maximum Gasteiger partial charge on any atom is 0.382 e. The lowest BCUT2D eigenvalue weighted by Gasteiger charge is -2.43. The molecule has 35 heavy (non-hydrogen) atoms. The number of halogens is 8. The Morgan fingerprint density at radius 1 is 0.771 bits per heavy atom. The number of imidazole rings is 1. The van der Waals surface area contributed by atoms with Gasteiger partial charge in [-0.05, 0) is 48.9 Å². The van der Waals surface area contributed by atoms with Crippen molar-refractivity contribution in [2.75, 3.05) is 0 Å². The molecule has 3 nitrogen and oxygen atoms in total. The summed E-state index contributed by atoms with van der Waals surface area (Å²) in [7, 11) is 1.54. The molecule has 1 aliphatic rings. The summed E-state index contributed by atoms with van der Waals surface area (Å²) in [6.45, 7) is 1.26. The first-order chi connectivity index (χ1) is 16.2. The Hall–Kier alpha value is -3.50. The van der Waals surface area contributed by atoms with E-state index in [-0.39, 0.29) is 17.0 Å². The fourth-order valence-electron chi connectivity index (χ4n) is 4.53. The number of benzene rings is 2. The Labute approximate surface area is 193 Å². The zero-order valence-electron chi connectivity index (χ0n) is 18.1. The molecule has 0 aliphatic heterocycles. The molecule has 0 spiro atoms. The van der Waals surface area contributed by atoms with Crippen LogP contribution in [-0.4, -0.2) is 21.4 Å². The lowest BCUT2D eigenvalue weighted by molar-refractivity contribution is -0.635. The lowest BCUT2D eigenvalue weighted by Crippen LogP contribution is -2.63. The maximum atomic E-state index is 14.8. The highest BCUT2D eigenvalue weighted by Gasteiger charge is 2.85. The molecule has 0 bridgehead atoms. The van der Waals surface area contributed by atoms with Crippen LogP contribution < -0.4 is 4.57 Å². The Morgan fingerprint density at radius 3 is 1.94 bits per heavy atom. The molecule has 4 aromatic rings. The van der Waals surface area contributed by atoms with Crippen molar-refractivity contribution in [3.05, 3.63) is 77.5 Å². The van der Waals surface area contributed by atoms with E-state index in [0.717, 1.165) is 0 Å². The highest BCUT2D eigenvalue weighted by atomic mass is 19.4. The van der Waals surface area contributed by atoms with Crippen LogP contribution in [0.25, 0.3) is 28.2 Å². The minimum absolute atomic E-state index is 0.0872. The van der Waals surface area contributed by atoms with Gasteiger partial charge >= 0.3 is 29.3 Å². The third-order valence-electron chi connectivity index (χ3n) is 6.33. The predicted octanol–water partition coefficient (Wildman–Crippen LogP) is 6.29. The molecular weight excluding hydrogens is 482 g/mol. The number of para-hydroxylation sites is 1. The van der Waals surface area contributed by atoms with E-state index in [1.54, 1.807) is 54.1 Å². The van der Waals surface area contributed by atoms with E-state index >= 15 is 0 Å². The van der Waals surface area contributed by atoms with Crippen LogP contribution in [0.4, 0.5) is 35.1 Å². The van der Waals surface area contributed by atoms with Gasteiger partial charge in [-0.1, -0.05) is 18.2 Å². The summed E-state index contributed by atoms with van der Waals surface area (Å²) in [5.74, 6) is -23.5. The van der Waals surface area contributed by atoms with E-state index < -0.39 is 34.8 Å². The van der Waals surface area contributed by atoms with Crippen LogP contribution in [0, 0.1) is 6.92 Å². The Balaban J connectivity index is 1.89. The summed E-state index contributed by atoms with van der Waals surface area (Å²) in [4.78, 5) is 4.28. The summed E-state index contributed by atoms with van der Waals surface area (Å²) < 4.78 is 118. The summed E-state index contributed by atoms with van der Waals surface area (Å²) in [5, 5.41) is 0. The van der Waals surface area contributed by atoms with Crippen molar-refractivity contribution in [3.63, 3.8) is 0 Å². The van der Waals surface area contributed by atoms with Gasteiger partial charge in [0.2, 0.25) is 5.82 Å². The zero-order chi connectivity index (χ0) is 25.6. The van der Waals surface area contributed by atoms with Gasteiger partial charge in [0.1, 0.15) is 11.9 Å². The SMILES string of the molecule is Cc1cc2c(cc1-c1n(-c3ccccc3)c3cccnc3[n+]1C)C(F)(F)C(F)(F)C(F)(F)C2(F)F. The van der Waals surface area contributed by atoms with Crippen LogP contribution in [0.3, 0.4) is 0 Å². The number of hydrogen-bond donors (Lipinski definition) is 0. The smallest absolute Gasteiger partial charge is 0.229 e. The second-order valence-electron chi connectivity index (χ2n) is 8.41. The van der Waals surface area contributed by atoms with Crippen LogP contribution in [0.15, 0.2) is 60.8 Å². The van der Waals surface area contributed by atoms with E-state index in [1.807, 2.05) is 0 Å².